The molecular weight excluding hydrogens is 190 g/mol. The van der Waals surface area contributed by atoms with Gasteiger partial charge in [0.25, 0.3) is 0 Å². The van der Waals surface area contributed by atoms with E-state index in [0.717, 1.165) is 12.1 Å². The molecule has 1 rings (SSSR count). The summed E-state index contributed by atoms with van der Waals surface area (Å²) >= 11 is 0. The van der Waals surface area contributed by atoms with Crippen LogP contribution in [0.1, 0.15) is 25.0 Å². The van der Waals surface area contributed by atoms with Crippen LogP contribution in [0.4, 0.5) is 8.78 Å². The number of aliphatic hydroxyl groups is 2. The Morgan fingerprint density at radius 2 is 1.71 bits per heavy atom. The molecule has 0 fully saturated rings. The van der Waals surface area contributed by atoms with Crippen LogP contribution in [0.5, 0.6) is 0 Å². The maximum absolute atomic E-state index is 12.9. The largest absolute Gasteiger partial charge is 0.392 e. The lowest BCUT2D eigenvalue weighted by molar-refractivity contribution is 0.0754. The highest BCUT2D eigenvalue weighted by atomic mass is 19.2. The van der Waals surface area contributed by atoms with Crippen molar-refractivity contribution in [3.63, 3.8) is 0 Å². The third kappa shape index (κ3) is 2.08. The van der Waals surface area contributed by atoms with E-state index in [-0.39, 0.29) is 11.1 Å². The van der Waals surface area contributed by atoms with Gasteiger partial charge in [-0.05, 0) is 37.1 Å². The van der Waals surface area contributed by atoms with Crippen LogP contribution in [-0.4, -0.2) is 10.2 Å². The number of hydrogen-bond acceptors (Lipinski definition) is 2. The summed E-state index contributed by atoms with van der Waals surface area (Å²) in [6.07, 6.45) is 0. The number of halogens is 2. The fraction of sp³-hybridized carbons (Fsp3) is 0.400. The second-order valence-electron chi connectivity index (χ2n) is 3.64. The zero-order valence-corrected chi connectivity index (χ0v) is 8.01. The van der Waals surface area contributed by atoms with Crippen molar-refractivity contribution in [1.82, 2.24) is 0 Å². The summed E-state index contributed by atoms with van der Waals surface area (Å²) in [6.45, 7) is 2.45. The summed E-state index contributed by atoms with van der Waals surface area (Å²) in [5.74, 6) is -2.05. The summed E-state index contributed by atoms with van der Waals surface area (Å²) < 4.78 is 25.6. The minimum atomic E-state index is -1.30. The van der Waals surface area contributed by atoms with Crippen LogP contribution in [0.3, 0.4) is 0 Å². The van der Waals surface area contributed by atoms with E-state index >= 15 is 0 Å². The van der Waals surface area contributed by atoms with Crippen LogP contribution < -0.4 is 0 Å². The van der Waals surface area contributed by atoms with Crippen molar-refractivity contribution >= 4 is 0 Å². The predicted molar refractivity (Wildman–Crippen MR) is 47.5 cm³/mol. The summed E-state index contributed by atoms with van der Waals surface area (Å²) in [6, 6.07) is 1.80. The zero-order chi connectivity index (χ0) is 10.9. The van der Waals surface area contributed by atoms with Gasteiger partial charge in [0.15, 0.2) is 11.6 Å². The van der Waals surface area contributed by atoms with Crippen molar-refractivity contribution < 1.29 is 19.0 Å². The van der Waals surface area contributed by atoms with E-state index in [1.54, 1.807) is 0 Å². The number of hydrogen-bond donors (Lipinski definition) is 2. The maximum Gasteiger partial charge on any atom is 0.159 e. The molecule has 0 saturated carbocycles. The van der Waals surface area contributed by atoms with Gasteiger partial charge in [-0.15, -0.1) is 0 Å². The molecule has 0 aliphatic rings. The van der Waals surface area contributed by atoms with Crippen molar-refractivity contribution in [3.05, 3.63) is 34.9 Å². The van der Waals surface area contributed by atoms with Crippen LogP contribution in [0.25, 0.3) is 0 Å². The number of rotatable bonds is 2. The van der Waals surface area contributed by atoms with E-state index in [0.29, 0.717) is 0 Å². The topological polar surface area (TPSA) is 40.5 Å². The van der Waals surface area contributed by atoms with Crippen molar-refractivity contribution in [2.75, 3.05) is 0 Å². The number of aliphatic hydroxyl groups excluding tert-OH is 1. The molecule has 0 atom stereocenters. The molecule has 0 aromatic heterocycles. The second-order valence-corrected chi connectivity index (χ2v) is 3.64. The highest BCUT2D eigenvalue weighted by Gasteiger charge is 2.22. The first-order valence-electron chi connectivity index (χ1n) is 4.18. The standard InChI is InChI=1S/C10H12F2O2/c1-10(2,14)7-4-9(12)8(11)3-6(7)5-13/h3-4,13-14H,5H2,1-2H3. The summed E-state index contributed by atoms with van der Waals surface area (Å²) in [4.78, 5) is 0. The second kappa shape index (κ2) is 3.63. The average molecular weight is 202 g/mol. The Kier molecular flexibility index (Phi) is 2.87. The first kappa shape index (κ1) is 11.1. The van der Waals surface area contributed by atoms with Gasteiger partial charge in [-0.25, -0.2) is 8.78 Å². The molecule has 0 heterocycles. The lowest BCUT2D eigenvalue weighted by Gasteiger charge is -2.21. The minimum Gasteiger partial charge on any atom is -0.392 e. The Morgan fingerprint density at radius 3 is 2.14 bits per heavy atom. The molecule has 0 saturated heterocycles. The van der Waals surface area contributed by atoms with Crippen LogP contribution in [0.2, 0.25) is 0 Å². The van der Waals surface area contributed by atoms with Crippen molar-refractivity contribution in [2.45, 2.75) is 26.1 Å². The molecule has 1 aromatic rings. The summed E-state index contributed by atoms with van der Waals surface area (Å²) in [7, 11) is 0. The summed E-state index contributed by atoms with van der Waals surface area (Å²) in [5.41, 5.74) is -0.914. The minimum absolute atomic E-state index is 0.191. The van der Waals surface area contributed by atoms with Crippen molar-refractivity contribution in [1.29, 1.82) is 0 Å². The Labute approximate surface area is 80.8 Å². The van der Waals surface area contributed by atoms with E-state index in [2.05, 4.69) is 0 Å². The lowest BCUT2D eigenvalue weighted by Crippen LogP contribution is -2.19. The van der Waals surface area contributed by atoms with Gasteiger partial charge >= 0.3 is 0 Å². The molecule has 1 aromatic carbocycles. The van der Waals surface area contributed by atoms with Crippen LogP contribution >= 0.6 is 0 Å². The van der Waals surface area contributed by atoms with E-state index in [4.69, 9.17) is 5.11 Å². The van der Waals surface area contributed by atoms with Crippen molar-refractivity contribution in [2.24, 2.45) is 0 Å². The Hall–Kier alpha value is -1.00. The fourth-order valence-electron chi connectivity index (χ4n) is 1.29. The smallest absolute Gasteiger partial charge is 0.159 e. The molecular formula is C10H12F2O2. The van der Waals surface area contributed by atoms with Crippen molar-refractivity contribution in [3.8, 4) is 0 Å². The normalized spacial score (nSPS) is 11.9. The molecule has 4 heteroatoms. The first-order chi connectivity index (χ1) is 6.36. The third-order valence-electron chi connectivity index (χ3n) is 1.98. The Bertz CT molecular complexity index is 343. The molecule has 0 aliphatic heterocycles. The molecule has 78 valence electrons. The lowest BCUT2D eigenvalue weighted by atomic mass is 9.93. The quantitative estimate of drug-likeness (QED) is 0.766. The van der Waals surface area contributed by atoms with Gasteiger partial charge in [0.05, 0.1) is 12.2 Å². The Morgan fingerprint density at radius 1 is 1.21 bits per heavy atom. The highest BCUT2D eigenvalue weighted by Crippen LogP contribution is 2.26. The summed E-state index contributed by atoms with van der Waals surface area (Å²) in [5, 5.41) is 18.5. The molecule has 2 N–H and O–H groups in total. The van der Waals surface area contributed by atoms with E-state index in [1.807, 2.05) is 0 Å². The molecule has 0 bridgehead atoms. The van der Waals surface area contributed by atoms with Gasteiger partial charge in [-0.2, -0.15) is 0 Å². The van der Waals surface area contributed by atoms with Gasteiger partial charge in [-0.1, -0.05) is 0 Å². The highest BCUT2D eigenvalue weighted by molar-refractivity contribution is 5.32. The van der Waals surface area contributed by atoms with Gasteiger partial charge in [0, 0.05) is 0 Å². The van der Waals surface area contributed by atoms with Crippen LogP contribution in [0, 0.1) is 11.6 Å². The monoisotopic (exact) mass is 202 g/mol. The molecule has 0 amide bonds. The van der Waals surface area contributed by atoms with Gasteiger partial charge < -0.3 is 10.2 Å². The first-order valence-corrected chi connectivity index (χ1v) is 4.18. The number of benzene rings is 1. The van der Waals surface area contributed by atoms with Gasteiger partial charge in [0.1, 0.15) is 0 Å². The fourth-order valence-corrected chi connectivity index (χ4v) is 1.29. The molecule has 2 nitrogen and oxygen atoms in total. The van der Waals surface area contributed by atoms with Gasteiger partial charge in [0.2, 0.25) is 0 Å². The Balaban J connectivity index is 3.35. The van der Waals surface area contributed by atoms with Crippen LogP contribution in [-0.2, 0) is 12.2 Å². The molecule has 0 aliphatic carbocycles. The average Bonchev–Trinajstić information content (AvgIpc) is 2.07. The van der Waals surface area contributed by atoms with Gasteiger partial charge in [-0.3, -0.25) is 0 Å². The zero-order valence-electron chi connectivity index (χ0n) is 8.01. The van der Waals surface area contributed by atoms with E-state index in [9.17, 15) is 13.9 Å². The predicted octanol–water partition coefficient (Wildman–Crippen LogP) is 1.68. The molecule has 0 radical (unpaired) electrons. The third-order valence-corrected chi connectivity index (χ3v) is 1.98. The SMILES string of the molecule is CC(C)(O)c1cc(F)c(F)cc1CO. The molecule has 14 heavy (non-hydrogen) atoms. The molecule has 0 unspecified atom stereocenters. The van der Waals surface area contributed by atoms with E-state index in [1.165, 1.54) is 13.8 Å². The maximum atomic E-state index is 12.9. The molecule has 0 spiro atoms. The van der Waals surface area contributed by atoms with Crippen LogP contribution in [0.15, 0.2) is 12.1 Å². The van der Waals surface area contributed by atoms with E-state index < -0.39 is 23.8 Å².